The van der Waals surface area contributed by atoms with Crippen molar-refractivity contribution in [2.75, 3.05) is 27.2 Å². The minimum absolute atomic E-state index is 0.0941. The molecular formula is C14H17F3N2O6S. The Labute approximate surface area is 147 Å². The van der Waals surface area contributed by atoms with Gasteiger partial charge in [-0.15, -0.1) is 0 Å². The van der Waals surface area contributed by atoms with Crippen LogP contribution in [0, 0.1) is 18.8 Å². The Morgan fingerprint density at radius 3 is 2.31 bits per heavy atom. The molecule has 0 spiro atoms. The molecule has 2 rings (SSSR count). The van der Waals surface area contributed by atoms with Crippen molar-refractivity contribution in [3.8, 4) is 0 Å². The maximum absolute atomic E-state index is 13.0. The Hall–Kier alpha value is -2.08. The quantitative estimate of drug-likeness (QED) is 0.816. The second-order valence-electron chi connectivity index (χ2n) is 6.12. The third kappa shape index (κ3) is 3.56. The van der Waals surface area contributed by atoms with E-state index in [4.69, 9.17) is 9.52 Å². The number of rotatable bonds is 4. The van der Waals surface area contributed by atoms with Crippen LogP contribution in [0.3, 0.4) is 0 Å². The van der Waals surface area contributed by atoms with E-state index in [-0.39, 0.29) is 10.7 Å². The summed E-state index contributed by atoms with van der Waals surface area (Å²) in [6.07, 6.45) is -4.78. The van der Waals surface area contributed by atoms with Crippen LogP contribution in [0.2, 0.25) is 0 Å². The maximum Gasteiger partial charge on any atom is 0.394 e. The SMILES string of the molecule is Cc1oc(C(=O)N2C[C@@H](C(F)(F)F)[C@H](C(=O)O)C2)cc1S(=O)(=O)N(C)C. The first-order chi connectivity index (χ1) is 11.8. The molecule has 146 valence electrons. The summed E-state index contributed by atoms with van der Waals surface area (Å²) in [7, 11) is -1.36. The van der Waals surface area contributed by atoms with Crippen LogP contribution >= 0.6 is 0 Å². The number of aryl methyl sites for hydroxylation is 1. The van der Waals surface area contributed by atoms with E-state index in [1.54, 1.807) is 0 Å². The van der Waals surface area contributed by atoms with Crippen molar-refractivity contribution >= 4 is 21.9 Å². The van der Waals surface area contributed by atoms with E-state index in [1.807, 2.05) is 0 Å². The van der Waals surface area contributed by atoms with Gasteiger partial charge in [0.1, 0.15) is 10.7 Å². The molecule has 1 N–H and O–H groups in total. The van der Waals surface area contributed by atoms with E-state index in [1.165, 1.54) is 21.0 Å². The molecule has 2 atom stereocenters. The predicted molar refractivity (Wildman–Crippen MR) is 80.9 cm³/mol. The van der Waals surface area contributed by atoms with Gasteiger partial charge in [0.25, 0.3) is 5.91 Å². The highest BCUT2D eigenvalue weighted by atomic mass is 32.2. The van der Waals surface area contributed by atoms with E-state index >= 15 is 0 Å². The summed E-state index contributed by atoms with van der Waals surface area (Å²) in [5.74, 6) is -7.20. The zero-order valence-electron chi connectivity index (χ0n) is 14.1. The van der Waals surface area contributed by atoms with Gasteiger partial charge >= 0.3 is 12.1 Å². The van der Waals surface area contributed by atoms with Gasteiger partial charge in [0.05, 0.1) is 11.8 Å². The zero-order chi connectivity index (χ0) is 20.0. The molecule has 1 aliphatic heterocycles. The predicted octanol–water partition coefficient (Wildman–Crippen LogP) is 1.17. The molecule has 1 saturated heterocycles. The molecule has 0 aliphatic carbocycles. The van der Waals surface area contributed by atoms with Crippen molar-refractivity contribution in [3.63, 3.8) is 0 Å². The number of carbonyl (C=O) groups is 2. The third-order valence-electron chi connectivity index (χ3n) is 4.19. The van der Waals surface area contributed by atoms with Crippen molar-refractivity contribution in [1.29, 1.82) is 0 Å². The Bertz CT molecular complexity index is 830. The number of hydrogen-bond donors (Lipinski definition) is 1. The van der Waals surface area contributed by atoms with Gasteiger partial charge in [0.15, 0.2) is 5.76 Å². The largest absolute Gasteiger partial charge is 0.481 e. The van der Waals surface area contributed by atoms with Crippen molar-refractivity contribution in [2.24, 2.45) is 11.8 Å². The van der Waals surface area contributed by atoms with E-state index in [9.17, 15) is 31.2 Å². The van der Waals surface area contributed by atoms with Crippen LogP contribution in [-0.4, -0.2) is 68.0 Å². The fourth-order valence-electron chi connectivity index (χ4n) is 2.73. The number of alkyl halides is 3. The zero-order valence-corrected chi connectivity index (χ0v) is 14.9. The first-order valence-corrected chi connectivity index (χ1v) is 8.82. The topological polar surface area (TPSA) is 108 Å². The molecule has 0 unspecified atom stereocenters. The molecule has 0 aromatic carbocycles. The molecule has 1 aliphatic rings. The summed E-state index contributed by atoms with van der Waals surface area (Å²) in [5.41, 5.74) is 0. The lowest BCUT2D eigenvalue weighted by Crippen LogP contribution is -2.34. The summed E-state index contributed by atoms with van der Waals surface area (Å²) in [6.45, 7) is -0.182. The van der Waals surface area contributed by atoms with Crippen molar-refractivity contribution in [3.05, 3.63) is 17.6 Å². The molecule has 0 bridgehead atoms. The van der Waals surface area contributed by atoms with Gasteiger partial charge in [-0.3, -0.25) is 9.59 Å². The maximum atomic E-state index is 13.0. The molecule has 1 aromatic heterocycles. The monoisotopic (exact) mass is 398 g/mol. The number of sulfonamides is 1. The number of amides is 1. The molecule has 1 fully saturated rings. The Kier molecular flexibility index (Phi) is 5.12. The number of furan rings is 1. The second-order valence-corrected chi connectivity index (χ2v) is 8.24. The van der Waals surface area contributed by atoms with Crippen LogP contribution in [0.25, 0.3) is 0 Å². The minimum atomic E-state index is -4.78. The molecule has 2 heterocycles. The van der Waals surface area contributed by atoms with Crippen LogP contribution < -0.4 is 0 Å². The highest BCUT2D eigenvalue weighted by Gasteiger charge is 2.53. The fourth-order valence-corrected chi connectivity index (χ4v) is 3.79. The highest BCUT2D eigenvalue weighted by Crippen LogP contribution is 2.38. The van der Waals surface area contributed by atoms with Crippen LogP contribution in [0.4, 0.5) is 13.2 Å². The Balaban J connectivity index is 2.32. The van der Waals surface area contributed by atoms with E-state index in [0.29, 0.717) is 4.90 Å². The van der Waals surface area contributed by atoms with E-state index < -0.39 is 58.8 Å². The lowest BCUT2D eigenvalue weighted by Gasteiger charge is -2.17. The van der Waals surface area contributed by atoms with Crippen LogP contribution in [0.15, 0.2) is 15.4 Å². The van der Waals surface area contributed by atoms with Gasteiger partial charge in [0.2, 0.25) is 10.0 Å². The average molecular weight is 398 g/mol. The summed E-state index contributed by atoms with van der Waals surface area (Å²) in [4.78, 5) is 23.9. The normalized spacial score (nSPS) is 21.4. The Morgan fingerprint density at radius 2 is 1.88 bits per heavy atom. The van der Waals surface area contributed by atoms with Crippen LogP contribution in [-0.2, 0) is 14.8 Å². The second kappa shape index (κ2) is 6.58. The number of hydrogen-bond acceptors (Lipinski definition) is 5. The molecular weight excluding hydrogens is 381 g/mol. The molecule has 0 radical (unpaired) electrons. The van der Waals surface area contributed by atoms with E-state index in [2.05, 4.69) is 0 Å². The van der Waals surface area contributed by atoms with Gasteiger partial charge in [-0.2, -0.15) is 13.2 Å². The number of aliphatic carboxylic acids is 1. The minimum Gasteiger partial charge on any atom is -0.481 e. The van der Waals surface area contributed by atoms with Gasteiger partial charge < -0.3 is 14.4 Å². The molecule has 1 aromatic rings. The third-order valence-corrected chi connectivity index (χ3v) is 6.11. The summed E-state index contributed by atoms with van der Waals surface area (Å²) in [5, 5.41) is 8.99. The number of likely N-dealkylation sites (tertiary alicyclic amines) is 1. The average Bonchev–Trinajstić information content (AvgIpc) is 3.10. The van der Waals surface area contributed by atoms with Crippen molar-refractivity contribution < 1.29 is 40.7 Å². The molecule has 1 amide bonds. The van der Waals surface area contributed by atoms with Crippen molar-refractivity contribution in [1.82, 2.24) is 9.21 Å². The summed E-state index contributed by atoms with van der Waals surface area (Å²) >= 11 is 0. The number of carboxylic acids is 1. The first-order valence-electron chi connectivity index (χ1n) is 7.38. The standard InChI is InChI=1S/C14H17F3N2O6S/c1-7-11(26(23,24)18(2)3)4-10(25-7)12(20)19-5-8(13(21)22)9(6-19)14(15,16)17/h4,8-9H,5-6H2,1-3H3,(H,21,22)/t8-,9-/m1/s1. The lowest BCUT2D eigenvalue weighted by molar-refractivity contribution is -0.187. The van der Waals surface area contributed by atoms with Crippen molar-refractivity contribution in [2.45, 2.75) is 18.0 Å². The molecule has 0 saturated carbocycles. The summed E-state index contributed by atoms with van der Waals surface area (Å²) < 4.78 is 69.4. The highest BCUT2D eigenvalue weighted by molar-refractivity contribution is 7.89. The smallest absolute Gasteiger partial charge is 0.394 e. The Morgan fingerprint density at radius 1 is 1.31 bits per heavy atom. The van der Waals surface area contributed by atoms with Crippen LogP contribution in [0.5, 0.6) is 0 Å². The van der Waals surface area contributed by atoms with Gasteiger partial charge in [0, 0.05) is 33.3 Å². The molecule has 26 heavy (non-hydrogen) atoms. The fraction of sp³-hybridized carbons (Fsp3) is 0.571. The van der Waals surface area contributed by atoms with E-state index in [0.717, 1.165) is 10.4 Å². The molecule has 12 heteroatoms. The number of halogens is 3. The van der Waals surface area contributed by atoms with Gasteiger partial charge in [-0.25, -0.2) is 12.7 Å². The summed E-state index contributed by atoms with van der Waals surface area (Å²) in [6, 6.07) is 0.934. The number of nitrogens with zero attached hydrogens (tertiary/aromatic N) is 2. The van der Waals surface area contributed by atoms with Crippen LogP contribution in [0.1, 0.15) is 16.3 Å². The van der Waals surface area contributed by atoms with Gasteiger partial charge in [-0.05, 0) is 6.92 Å². The number of carbonyl (C=O) groups excluding carboxylic acids is 1. The molecule has 8 nitrogen and oxygen atoms in total. The lowest BCUT2D eigenvalue weighted by atomic mass is 9.96. The first kappa shape index (κ1) is 20.2. The van der Waals surface area contributed by atoms with Gasteiger partial charge in [-0.1, -0.05) is 0 Å². The number of carboxylic acid groups (broad SMARTS) is 1.